The minimum atomic E-state index is -4.98. The second-order valence-electron chi connectivity index (χ2n) is 14.3. The zero-order valence-corrected chi connectivity index (χ0v) is 38.3. The SMILES string of the molecule is CCCC(C)COC(=O)c1ccc(C(=O)OCC(C)CCC)c(S(=O)(=O)[O-])c1.CCCC(C)COC(=O)c1ccc(C(=O)OCC(C)CCC)c(S(=O)(=O)[O-])c1.[Ca+2]. The molecule has 2 rings (SSSR count). The summed E-state index contributed by atoms with van der Waals surface area (Å²) >= 11 is 0. The zero-order valence-electron chi connectivity index (χ0n) is 34.5. The zero-order chi connectivity index (χ0) is 42.6. The molecule has 0 N–H and O–H groups in total. The van der Waals surface area contributed by atoms with Crippen LogP contribution in [-0.2, 0) is 39.2 Å². The van der Waals surface area contributed by atoms with Crippen LogP contribution in [0.4, 0.5) is 0 Å². The van der Waals surface area contributed by atoms with Gasteiger partial charge in [0.15, 0.2) is 0 Å². The van der Waals surface area contributed by atoms with Gasteiger partial charge in [-0.1, -0.05) is 81.1 Å². The van der Waals surface area contributed by atoms with Gasteiger partial charge in [-0.2, -0.15) is 0 Å². The second-order valence-corrected chi connectivity index (χ2v) is 17.0. The molecule has 0 aliphatic heterocycles. The van der Waals surface area contributed by atoms with Crippen LogP contribution in [0.5, 0.6) is 0 Å². The summed E-state index contributed by atoms with van der Waals surface area (Å²) in [7, 11) is -9.96. The predicted octanol–water partition coefficient (Wildman–Crippen LogP) is 7.17. The molecule has 0 aromatic heterocycles. The third-order valence-electron chi connectivity index (χ3n) is 8.53. The molecule has 0 heterocycles. The van der Waals surface area contributed by atoms with Crippen LogP contribution in [0.2, 0.25) is 0 Å². The van der Waals surface area contributed by atoms with Gasteiger partial charge in [0.25, 0.3) is 0 Å². The largest absolute Gasteiger partial charge is 2.00 e. The van der Waals surface area contributed by atoms with Gasteiger partial charge in [0, 0.05) is 0 Å². The molecule has 316 valence electrons. The van der Waals surface area contributed by atoms with Gasteiger partial charge in [-0.05, 0) is 85.8 Å². The fourth-order valence-corrected chi connectivity index (χ4v) is 6.93. The third-order valence-corrected chi connectivity index (χ3v) is 10.3. The second kappa shape index (κ2) is 27.2. The molecule has 0 bridgehead atoms. The molecule has 0 radical (unpaired) electrons. The number of rotatable bonds is 22. The Morgan fingerprint density at radius 3 is 0.965 bits per heavy atom. The van der Waals surface area contributed by atoms with Crippen molar-refractivity contribution in [3.63, 3.8) is 0 Å². The monoisotopic (exact) mass is 866 g/mol. The van der Waals surface area contributed by atoms with Crippen molar-refractivity contribution in [1.29, 1.82) is 0 Å². The molecule has 0 saturated heterocycles. The van der Waals surface area contributed by atoms with Gasteiger partial charge in [-0.3, -0.25) is 0 Å². The van der Waals surface area contributed by atoms with E-state index in [1.807, 2.05) is 55.4 Å². The van der Waals surface area contributed by atoms with E-state index in [4.69, 9.17) is 18.9 Å². The van der Waals surface area contributed by atoms with Crippen LogP contribution >= 0.6 is 0 Å². The number of benzene rings is 2. The first-order valence-corrected chi connectivity index (χ1v) is 21.9. The standard InChI is InChI=1S/2C20H30O7S.Ca/c2*1-5-7-14(3)12-26-19(21)16-9-10-17(18(11-16)28(23,24)25)20(22)27-13-15(4)8-6-2;/h2*9-11,14-15H,5-8,12-13H2,1-4H3,(H,23,24,25);/q;;+2/p-2. The van der Waals surface area contributed by atoms with Crippen molar-refractivity contribution in [1.82, 2.24) is 0 Å². The molecule has 0 aliphatic rings. The minimum Gasteiger partial charge on any atom is -0.744 e. The summed E-state index contributed by atoms with van der Waals surface area (Å²) < 4.78 is 90.2. The van der Waals surface area contributed by atoms with Crippen molar-refractivity contribution >= 4 is 81.9 Å². The molecule has 0 amide bonds. The Balaban J connectivity index is 0.00000108. The van der Waals surface area contributed by atoms with Crippen molar-refractivity contribution in [2.75, 3.05) is 26.4 Å². The number of esters is 4. The normalized spacial score (nSPS) is 13.4. The Kier molecular flexibility index (Phi) is 26.0. The van der Waals surface area contributed by atoms with E-state index >= 15 is 0 Å². The summed E-state index contributed by atoms with van der Waals surface area (Å²) in [4.78, 5) is 47.3. The fourth-order valence-electron chi connectivity index (χ4n) is 5.55. The number of carbonyl (C=O) groups excluding carboxylic acids is 4. The van der Waals surface area contributed by atoms with Crippen LogP contribution in [0, 0.1) is 23.7 Å². The fraction of sp³-hybridized carbons (Fsp3) is 0.600. The van der Waals surface area contributed by atoms with E-state index in [0.29, 0.717) is 0 Å². The summed E-state index contributed by atoms with van der Waals surface area (Å²) in [6.45, 7) is 16.3. The van der Waals surface area contributed by atoms with Crippen molar-refractivity contribution in [3.8, 4) is 0 Å². The first-order chi connectivity index (χ1) is 26.2. The van der Waals surface area contributed by atoms with Crippen LogP contribution in [0.25, 0.3) is 0 Å². The average molecular weight is 867 g/mol. The average Bonchev–Trinajstić information content (AvgIpc) is 3.13. The number of ether oxygens (including phenoxy) is 4. The van der Waals surface area contributed by atoms with Crippen LogP contribution < -0.4 is 0 Å². The Hall–Kier alpha value is -2.60. The number of hydrogen-bond donors (Lipinski definition) is 0. The van der Waals surface area contributed by atoms with Gasteiger partial charge < -0.3 is 28.1 Å². The van der Waals surface area contributed by atoms with E-state index in [1.165, 1.54) is 12.1 Å². The van der Waals surface area contributed by atoms with Crippen LogP contribution in [0.15, 0.2) is 46.2 Å². The number of carbonyl (C=O) groups is 4. The molecular formula is C40H58CaO14S2. The van der Waals surface area contributed by atoms with Crippen molar-refractivity contribution in [2.24, 2.45) is 23.7 Å². The molecule has 4 unspecified atom stereocenters. The molecule has 14 nitrogen and oxygen atoms in total. The van der Waals surface area contributed by atoms with Crippen molar-refractivity contribution in [3.05, 3.63) is 58.7 Å². The maximum absolute atomic E-state index is 12.2. The van der Waals surface area contributed by atoms with Gasteiger partial charge in [0.1, 0.15) is 20.2 Å². The molecule has 2 aromatic carbocycles. The van der Waals surface area contributed by atoms with E-state index in [9.17, 15) is 45.1 Å². The molecule has 57 heavy (non-hydrogen) atoms. The van der Waals surface area contributed by atoms with Crippen LogP contribution in [-0.4, -0.2) is 114 Å². The van der Waals surface area contributed by atoms with Gasteiger partial charge in [-0.25, -0.2) is 36.0 Å². The molecule has 2 aromatic rings. The number of hydrogen-bond acceptors (Lipinski definition) is 14. The van der Waals surface area contributed by atoms with E-state index in [-0.39, 0.29) is 110 Å². The first kappa shape index (κ1) is 54.4. The third kappa shape index (κ3) is 20.3. The van der Waals surface area contributed by atoms with Crippen LogP contribution in [0.3, 0.4) is 0 Å². The maximum atomic E-state index is 12.2. The van der Waals surface area contributed by atoms with E-state index in [1.54, 1.807) is 0 Å². The molecule has 0 fully saturated rings. The maximum Gasteiger partial charge on any atom is 2.00 e. The van der Waals surface area contributed by atoms with Crippen LogP contribution in [0.1, 0.15) is 148 Å². The molecule has 0 aliphatic carbocycles. The quantitative estimate of drug-likeness (QED) is 0.0496. The molecular weight excluding hydrogens is 809 g/mol. The Labute approximate surface area is 368 Å². The summed E-state index contributed by atoms with van der Waals surface area (Å²) in [5.74, 6) is -2.76. The van der Waals surface area contributed by atoms with Gasteiger partial charge in [-0.15, -0.1) is 0 Å². The molecule has 4 atom stereocenters. The van der Waals surface area contributed by atoms with Crippen molar-refractivity contribution < 1.29 is 64.1 Å². The van der Waals surface area contributed by atoms with E-state index in [2.05, 4.69) is 0 Å². The Morgan fingerprint density at radius 1 is 0.491 bits per heavy atom. The molecule has 0 saturated carbocycles. The Bertz CT molecular complexity index is 1680. The van der Waals surface area contributed by atoms with Gasteiger partial charge in [0.05, 0.1) is 58.5 Å². The van der Waals surface area contributed by atoms with E-state index in [0.717, 1.165) is 75.6 Å². The van der Waals surface area contributed by atoms with Gasteiger partial charge in [0.2, 0.25) is 0 Å². The summed E-state index contributed by atoms with van der Waals surface area (Å²) in [6.07, 6.45) is 7.21. The molecule has 0 spiro atoms. The predicted molar refractivity (Wildman–Crippen MR) is 212 cm³/mol. The summed E-state index contributed by atoms with van der Waals surface area (Å²) in [6, 6.07) is 6.50. The topological polar surface area (TPSA) is 220 Å². The molecule has 17 heteroatoms. The Morgan fingerprint density at radius 2 is 0.737 bits per heavy atom. The first-order valence-electron chi connectivity index (χ1n) is 19.1. The van der Waals surface area contributed by atoms with E-state index < -0.39 is 53.9 Å². The van der Waals surface area contributed by atoms with Gasteiger partial charge >= 0.3 is 61.6 Å². The van der Waals surface area contributed by atoms with Crippen molar-refractivity contribution in [2.45, 2.75) is 117 Å². The summed E-state index contributed by atoms with van der Waals surface area (Å²) in [5.41, 5.74) is -0.966. The summed E-state index contributed by atoms with van der Waals surface area (Å²) in [5, 5.41) is 0. The minimum absolute atomic E-state index is 0. The smallest absolute Gasteiger partial charge is 0.744 e.